The van der Waals surface area contributed by atoms with E-state index in [1.807, 2.05) is 0 Å². The molecule has 1 saturated heterocycles. The van der Waals surface area contributed by atoms with E-state index < -0.39 is 0 Å². The molecule has 0 radical (unpaired) electrons. The fourth-order valence-corrected chi connectivity index (χ4v) is 2.94. The van der Waals surface area contributed by atoms with Crippen molar-refractivity contribution in [3.63, 3.8) is 0 Å². The van der Waals surface area contributed by atoms with Crippen molar-refractivity contribution in [3.8, 4) is 0 Å². The maximum atomic E-state index is 3.61. The number of rotatable bonds is 5. The van der Waals surface area contributed by atoms with E-state index in [-0.39, 0.29) is 0 Å². The third-order valence-corrected chi connectivity index (χ3v) is 5.14. The second-order valence-corrected chi connectivity index (χ2v) is 6.04. The molecular formula is C13H26BrN. The number of likely N-dealkylation sites (tertiary alicyclic amines) is 1. The highest BCUT2D eigenvalue weighted by Gasteiger charge is 2.28. The van der Waals surface area contributed by atoms with Crippen LogP contribution in [0.25, 0.3) is 0 Å². The molecule has 1 aliphatic rings. The number of hydrogen-bond donors (Lipinski definition) is 0. The first kappa shape index (κ1) is 13.5. The van der Waals surface area contributed by atoms with Crippen molar-refractivity contribution in [2.75, 3.05) is 25.0 Å². The Morgan fingerprint density at radius 2 is 1.87 bits per heavy atom. The number of piperidine rings is 1. The zero-order valence-corrected chi connectivity index (χ0v) is 12.1. The molecule has 2 heteroatoms. The van der Waals surface area contributed by atoms with E-state index in [4.69, 9.17) is 0 Å². The van der Waals surface area contributed by atoms with Crippen molar-refractivity contribution in [1.29, 1.82) is 0 Å². The molecule has 0 amide bonds. The number of halogens is 1. The minimum absolute atomic E-state index is 0.632. The van der Waals surface area contributed by atoms with Gasteiger partial charge >= 0.3 is 0 Å². The van der Waals surface area contributed by atoms with Crippen LogP contribution in [0.1, 0.15) is 46.5 Å². The molecular weight excluding hydrogens is 250 g/mol. The maximum absolute atomic E-state index is 3.61. The average Bonchev–Trinajstić information content (AvgIpc) is 2.28. The number of hydrogen-bond acceptors (Lipinski definition) is 1. The molecule has 1 aliphatic heterocycles. The Morgan fingerprint density at radius 3 is 2.27 bits per heavy atom. The summed E-state index contributed by atoms with van der Waals surface area (Å²) in [5, 5.41) is 1.16. The molecule has 0 aliphatic carbocycles. The summed E-state index contributed by atoms with van der Waals surface area (Å²) in [5.74, 6) is 0.844. The topological polar surface area (TPSA) is 3.24 Å². The summed E-state index contributed by atoms with van der Waals surface area (Å²) in [4.78, 5) is 2.66. The van der Waals surface area contributed by atoms with Gasteiger partial charge in [-0.15, -0.1) is 0 Å². The first-order valence-corrected chi connectivity index (χ1v) is 7.54. The summed E-state index contributed by atoms with van der Waals surface area (Å²) < 4.78 is 0. The molecule has 1 fully saturated rings. The van der Waals surface area contributed by atoms with E-state index in [1.165, 1.54) is 45.3 Å². The van der Waals surface area contributed by atoms with Crippen molar-refractivity contribution in [3.05, 3.63) is 0 Å². The quantitative estimate of drug-likeness (QED) is 0.688. The summed E-state index contributed by atoms with van der Waals surface area (Å²) in [7, 11) is 0. The molecule has 1 atom stereocenters. The average molecular weight is 276 g/mol. The van der Waals surface area contributed by atoms with Crippen LogP contribution in [-0.4, -0.2) is 29.9 Å². The van der Waals surface area contributed by atoms with Gasteiger partial charge in [-0.05, 0) is 37.3 Å². The van der Waals surface area contributed by atoms with Crippen LogP contribution in [0.3, 0.4) is 0 Å². The SMILES string of the molecule is CCC(CBr)CN1CCC(C)(CC)CC1. The van der Waals surface area contributed by atoms with E-state index in [0.717, 1.165) is 11.2 Å². The van der Waals surface area contributed by atoms with Gasteiger partial charge in [0.05, 0.1) is 0 Å². The standard InChI is InChI=1S/C13H26BrN/c1-4-12(10-14)11-15-8-6-13(3,5-2)7-9-15/h12H,4-11H2,1-3H3. The van der Waals surface area contributed by atoms with Crippen LogP contribution in [0, 0.1) is 11.3 Å². The Hall–Kier alpha value is 0.440. The Morgan fingerprint density at radius 1 is 1.27 bits per heavy atom. The van der Waals surface area contributed by atoms with Crippen molar-refractivity contribution >= 4 is 15.9 Å². The minimum atomic E-state index is 0.632. The van der Waals surface area contributed by atoms with Gasteiger partial charge in [0, 0.05) is 11.9 Å². The fourth-order valence-electron chi connectivity index (χ4n) is 2.28. The van der Waals surface area contributed by atoms with Crippen LogP contribution in [-0.2, 0) is 0 Å². The molecule has 90 valence electrons. The number of nitrogens with zero attached hydrogens (tertiary/aromatic N) is 1. The summed E-state index contributed by atoms with van der Waals surface area (Å²) in [6, 6.07) is 0. The van der Waals surface area contributed by atoms with Crippen LogP contribution in [0.5, 0.6) is 0 Å². The van der Waals surface area contributed by atoms with Gasteiger partial charge in [0.2, 0.25) is 0 Å². The third-order valence-electron chi connectivity index (χ3n) is 4.23. The van der Waals surface area contributed by atoms with Crippen molar-refractivity contribution in [1.82, 2.24) is 4.90 Å². The maximum Gasteiger partial charge on any atom is 0.00717 e. The van der Waals surface area contributed by atoms with Crippen LogP contribution >= 0.6 is 15.9 Å². The second kappa shape index (κ2) is 6.24. The van der Waals surface area contributed by atoms with Gasteiger partial charge in [-0.3, -0.25) is 0 Å². The zero-order valence-electron chi connectivity index (χ0n) is 10.6. The van der Waals surface area contributed by atoms with Gasteiger partial charge in [0.15, 0.2) is 0 Å². The lowest BCUT2D eigenvalue weighted by molar-refractivity contribution is 0.104. The zero-order chi connectivity index (χ0) is 11.3. The van der Waals surface area contributed by atoms with Crippen LogP contribution < -0.4 is 0 Å². The molecule has 1 nitrogen and oxygen atoms in total. The highest BCUT2D eigenvalue weighted by Crippen LogP contribution is 2.34. The van der Waals surface area contributed by atoms with Crippen molar-refractivity contribution in [2.45, 2.75) is 46.5 Å². The van der Waals surface area contributed by atoms with Crippen LogP contribution in [0.15, 0.2) is 0 Å². The first-order valence-electron chi connectivity index (χ1n) is 6.42. The van der Waals surface area contributed by atoms with Crippen molar-refractivity contribution in [2.24, 2.45) is 11.3 Å². The molecule has 0 bridgehead atoms. The molecule has 15 heavy (non-hydrogen) atoms. The predicted octanol–water partition coefficient (Wildman–Crippen LogP) is 3.92. The molecule has 0 saturated carbocycles. The van der Waals surface area contributed by atoms with E-state index in [2.05, 4.69) is 41.6 Å². The van der Waals surface area contributed by atoms with Crippen molar-refractivity contribution < 1.29 is 0 Å². The smallest absolute Gasteiger partial charge is 0.00717 e. The summed E-state index contributed by atoms with van der Waals surface area (Å²) in [5.41, 5.74) is 0.632. The molecule has 1 heterocycles. The highest BCUT2D eigenvalue weighted by molar-refractivity contribution is 9.09. The molecule has 0 aromatic rings. The Bertz CT molecular complexity index is 169. The van der Waals surface area contributed by atoms with E-state index in [9.17, 15) is 0 Å². The van der Waals surface area contributed by atoms with Gasteiger partial charge in [-0.1, -0.05) is 49.5 Å². The lowest BCUT2D eigenvalue weighted by atomic mass is 9.78. The van der Waals surface area contributed by atoms with E-state index >= 15 is 0 Å². The Balaban J connectivity index is 2.31. The predicted molar refractivity (Wildman–Crippen MR) is 71.6 cm³/mol. The van der Waals surface area contributed by atoms with Crippen LogP contribution in [0.2, 0.25) is 0 Å². The summed E-state index contributed by atoms with van der Waals surface area (Å²) in [6.07, 6.45) is 5.42. The molecule has 0 aromatic carbocycles. The van der Waals surface area contributed by atoms with Gasteiger partial charge in [0.1, 0.15) is 0 Å². The second-order valence-electron chi connectivity index (χ2n) is 5.39. The van der Waals surface area contributed by atoms with E-state index in [1.54, 1.807) is 0 Å². The normalized spacial score (nSPS) is 24.0. The van der Waals surface area contributed by atoms with Gasteiger partial charge in [0.25, 0.3) is 0 Å². The molecule has 0 aromatic heterocycles. The Kier molecular flexibility index (Phi) is 5.62. The largest absolute Gasteiger partial charge is 0.303 e. The van der Waals surface area contributed by atoms with Gasteiger partial charge in [-0.25, -0.2) is 0 Å². The molecule has 1 unspecified atom stereocenters. The summed E-state index contributed by atoms with van der Waals surface area (Å²) >= 11 is 3.61. The first-order chi connectivity index (χ1) is 7.13. The lowest BCUT2D eigenvalue weighted by Crippen LogP contribution is -2.40. The highest BCUT2D eigenvalue weighted by atomic mass is 79.9. The lowest BCUT2D eigenvalue weighted by Gasteiger charge is -2.40. The van der Waals surface area contributed by atoms with E-state index in [0.29, 0.717) is 5.41 Å². The Labute approximate surface area is 104 Å². The van der Waals surface area contributed by atoms with Crippen LogP contribution in [0.4, 0.5) is 0 Å². The minimum Gasteiger partial charge on any atom is -0.303 e. The monoisotopic (exact) mass is 275 g/mol. The molecule has 0 spiro atoms. The number of alkyl halides is 1. The molecule has 1 rings (SSSR count). The summed E-state index contributed by atoms with van der Waals surface area (Å²) in [6.45, 7) is 11.0. The van der Waals surface area contributed by atoms with Gasteiger partial charge < -0.3 is 4.90 Å². The fraction of sp³-hybridized carbons (Fsp3) is 1.00. The van der Waals surface area contributed by atoms with Gasteiger partial charge in [-0.2, -0.15) is 0 Å². The third kappa shape index (κ3) is 4.07. The molecule has 0 N–H and O–H groups in total.